The van der Waals surface area contributed by atoms with Gasteiger partial charge in [-0.25, -0.2) is 13.6 Å². The fourth-order valence-electron chi connectivity index (χ4n) is 2.22. The third kappa shape index (κ3) is 5.48. The number of rotatable bonds is 7. The Kier molecular flexibility index (Phi) is 6.01. The van der Waals surface area contributed by atoms with E-state index >= 15 is 0 Å². The van der Waals surface area contributed by atoms with Crippen LogP contribution in [-0.2, 0) is 10.0 Å². The standard InChI is InChI=1S/C19H22N2O3S/c1-4-24-17-9-5-15(6-10-17)19(13-14(2)3)21-16-7-11-18(12-8-16)25(20,22)23/h5-13,21H,2,4H2,1,3H3,(H2,20,22,23)/b19-13-. The van der Waals surface area contributed by atoms with Crippen LogP contribution in [0.1, 0.15) is 19.4 Å². The van der Waals surface area contributed by atoms with E-state index in [0.29, 0.717) is 6.61 Å². The van der Waals surface area contributed by atoms with Gasteiger partial charge in [-0.1, -0.05) is 12.2 Å². The number of ether oxygens (including phenoxy) is 1. The van der Waals surface area contributed by atoms with Crippen molar-refractivity contribution in [2.75, 3.05) is 11.9 Å². The highest BCUT2D eigenvalue weighted by atomic mass is 32.2. The van der Waals surface area contributed by atoms with Crippen molar-refractivity contribution in [2.24, 2.45) is 5.14 Å². The van der Waals surface area contributed by atoms with E-state index in [-0.39, 0.29) is 4.90 Å². The molecule has 0 saturated heterocycles. The SMILES string of the molecule is C=C(C)/C=C(\Nc1ccc(S(N)(=O)=O)cc1)c1ccc(OCC)cc1. The molecule has 132 valence electrons. The zero-order chi connectivity index (χ0) is 18.4. The molecule has 0 heterocycles. The van der Waals surface area contributed by atoms with Crippen LogP contribution in [0.15, 0.2) is 71.7 Å². The Morgan fingerprint density at radius 2 is 1.76 bits per heavy atom. The third-order valence-electron chi connectivity index (χ3n) is 3.33. The Hall–Kier alpha value is -2.57. The third-order valence-corrected chi connectivity index (χ3v) is 4.26. The van der Waals surface area contributed by atoms with E-state index in [1.807, 2.05) is 44.2 Å². The molecule has 6 heteroatoms. The highest BCUT2D eigenvalue weighted by Gasteiger charge is 2.08. The molecule has 0 aliphatic rings. The van der Waals surface area contributed by atoms with E-state index in [1.165, 1.54) is 12.1 Å². The van der Waals surface area contributed by atoms with Crippen molar-refractivity contribution in [2.45, 2.75) is 18.7 Å². The average Bonchev–Trinajstić information content (AvgIpc) is 2.54. The zero-order valence-electron chi connectivity index (χ0n) is 14.3. The summed E-state index contributed by atoms with van der Waals surface area (Å²) in [5.74, 6) is 0.804. The van der Waals surface area contributed by atoms with Crippen LogP contribution in [0.2, 0.25) is 0 Å². The zero-order valence-corrected chi connectivity index (χ0v) is 15.1. The van der Waals surface area contributed by atoms with Crippen LogP contribution < -0.4 is 15.2 Å². The lowest BCUT2D eigenvalue weighted by Gasteiger charge is -2.13. The molecule has 0 bridgehead atoms. The van der Waals surface area contributed by atoms with Crippen molar-refractivity contribution in [3.05, 3.63) is 72.3 Å². The number of allylic oxidation sites excluding steroid dienone is 2. The number of benzene rings is 2. The Balaban J connectivity index is 2.28. The molecule has 0 amide bonds. The summed E-state index contributed by atoms with van der Waals surface area (Å²) in [5.41, 5.74) is 3.44. The van der Waals surface area contributed by atoms with Gasteiger partial charge in [0.2, 0.25) is 10.0 Å². The number of sulfonamides is 1. The Morgan fingerprint density at radius 3 is 2.24 bits per heavy atom. The fourth-order valence-corrected chi connectivity index (χ4v) is 2.73. The highest BCUT2D eigenvalue weighted by molar-refractivity contribution is 7.89. The second-order valence-corrected chi connectivity index (χ2v) is 7.12. The predicted octanol–water partition coefficient (Wildman–Crippen LogP) is 3.76. The number of hydrogen-bond acceptors (Lipinski definition) is 4. The summed E-state index contributed by atoms with van der Waals surface area (Å²) < 4.78 is 28.1. The van der Waals surface area contributed by atoms with E-state index in [2.05, 4.69) is 11.9 Å². The van der Waals surface area contributed by atoms with Crippen LogP contribution in [-0.4, -0.2) is 15.0 Å². The van der Waals surface area contributed by atoms with Gasteiger partial charge in [0, 0.05) is 11.4 Å². The molecule has 3 N–H and O–H groups in total. The maximum absolute atomic E-state index is 11.3. The summed E-state index contributed by atoms with van der Waals surface area (Å²) in [5, 5.41) is 8.40. The summed E-state index contributed by atoms with van der Waals surface area (Å²) in [6.45, 7) is 8.37. The molecular weight excluding hydrogens is 336 g/mol. The summed E-state index contributed by atoms with van der Waals surface area (Å²) in [7, 11) is -3.70. The minimum atomic E-state index is -3.70. The molecule has 0 unspecified atom stereocenters. The maximum atomic E-state index is 11.3. The summed E-state index contributed by atoms with van der Waals surface area (Å²) >= 11 is 0. The molecule has 2 aromatic carbocycles. The van der Waals surface area contributed by atoms with E-state index < -0.39 is 10.0 Å². The van der Waals surface area contributed by atoms with Crippen molar-refractivity contribution >= 4 is 21.4 Å². The average molecular weight is 358 g/mol. The predicted molar refractivity (Wildman–Crippen MR) is 102 cm³/mol. The number of hydrogen-bond donors (Lipinski definition) is 2. The quantitative estimate of drug-likeness (QED) is 0.738. The molecule has 0 fully saturated rings. The molecule has 2 rings (SSSR count). The van der Waals surface area contributed by atoms with E-state index in [0.717, 1.165) is 28.3 Å². The van der Waals surface area contributed by atoms with Crippen molar-refractivity contribution in [3.8, 4) is 5.75 Å². The van der Waals surface area contributed by atoms with Gasteiger partial charge in [-0.15, -0.1) is 0 Å². The number of anilines is 1. The molecule has 0 atom stereocenters. The molecule has 0 saturated carbocycles. The van der Waals surface area contributed by atoms with Crippen molar-refractivity contribution < 1.29 is 13.2 Å². The fraction of sp³-hybridized carbons (Fsp3) is 0.158. The molecule has 25 heavy (non-hydrogen) atoms. The second-order valence-electron chi connectivity index (χ2n) is 5.56. The van der Waals surface area contributed by atoms with Crippen molar-refractivity contribution in [1.82, 2.24) is 0 Å². The van der Waals surface area contributed by atoms with Crippen LogP contribution in [0.25, 0.3) is 5.70 Å². The first-order valence-corrected chi connectivity index (χ1v) is 9.34. The van der Waals surface area contributed by atoms with E-state index in [9.17, 15) is 8.42 Å². The summed E-state index contributed by atoms with van der Waals surface area (Å²) in [4.78, 5) is 0.0737. The Labute approximate surface area is 148 Å². The molecule has 0 aromatic heterocycles. The van der Waals surface area contributed by atoms with E-state index in [4.69, 9.17) is 9.88 Å². The van der Waals surface area contributed by atoms with Crippen LogP contribution in [0, 0.1) is 0 Å². The molecule has 5 nitrogen and oxygen atoms in total. The first-order chi connectivity index (χ1) is 11.8. The first-order valence-electron chi connectivity index (χ1n) is 7.80. The molecule has 2 aromatic rings. The normalized spacial score (nSPS) is 11.9. The van der Waals surface area contributed by atoms with Gasteiger partial charge >= 0.3 is 0 Å². The van der Waals surface area contributed by atoms with Gasteiger partial charge in [-0.2, -0.15) is 0 Å². The molecule has 0 spiro atoms. The topological polar surface area (TPSA) is 81.4 Å². The molecular formula is C19H22N2O3S. The minimum absolute atomic E-state index is 0.0737. The Bertz CT molecular complexity index is 868. The Morgan fingerprint density at radius 1 is 1.16 bits per heavy atom. The van der Waals surface area contributed by atoms with Crippen LogP contribution >= 0.6 is 0 Å². The largest absolute Gasteiger partial charge is 0.494 e. The van der Waals surface area contributed by atoms with Gasteiger partial charge in [0.1, 0.15) is 5.75 Å². The van der Waals surface area contributed by atoms with Crippen molar-refractivity contribution in [1.29, 1.82) is 0 Å². The summed E-state index contributed by atoms with van der Waals surface area (Å²) in [6, 6.07) is 14.0. The van der Waals surface area contributed by atoms with Gasteiger partial charge in [0.15, 0.2) is 0 Å². The van der Waals surface area contributed by atoms with Crippen molar-refractivity contribution in [3.63, 3.8) is 0 Å². The lowest BCUT2D eigenvalue weighted by molar-refractivity contribution is 0.340. The van der Waals surface area contributed by atoms with Crippen LogP contribution in [0.3, 0.4) is 0 Å². The van der Waals surface area contributed by atoms with Crippen LogP contribution in [0.5, 0.6) is 5.75 Å². The van der Waals surface area contributed by atoms with Gasteiger partial charge < -0.3 is 10.1 Å². The number of nitrogens with two attached hydrogens (primary N) is 1. The smallest absolute Gasteiger partial charge is 0.238 e. The lowest BCUT2D eigenvalue weighted by atomic mass is 10.1. The summed E-state index contributed by atoms with van der Waals surface area (Å²) in [6.07, 6.45) is 1.92. The van der Waals surface area contributed by atoms with Gasteiger partial charge in [0.25, 0.3) is 0 Å². The maximum Gasteiger partial charge on any atom is 0.238 e. The second kappa shape index (κ2) is 8.00. The lowest BCUT2D eigenvalue weighted by Crippen LogP contribution is -2.11. The van der Waals surface area contributed by atoms with Gasteiger partial charge in [0.05, 0.1) is 11.5 Å². The minimum Gasteiger partial charge on any atom is -0.494 e. The van der Waals surface area contributed by atoms with Crippen LogP contribution in [0.4, 0.5) is 5.69 Å². The highest BCUT2D eigenvalue weighted by Crippen LogP contribution is 2.23. The molecule has 0 aliphatic heterocycles. The monoisotopic (exact) mass is 358 g/mol. The first kappa shape index (κ1) is 18.8. The van der Waals surface area contributed by atoms with Gasteiger partial charge in [-0.3, -0.25) is 0 Å². The molecule has 0 aliphatic carbocycles. The number of nitrogens with one attached hydrogen (secondary N) is 1. The van der Waals surface area contributed by atoms with E-state index in [1.54, 1.807) is 12.1 Å². The van der Waals surface area contributed by atoms with Gasteiger partial charge in [-0.05, 0) is 74.0 Å². The molecule has 0 radical (unpaired) electrons. The number of primary sulfonamides is 1.